The maximum Gasteiger partial charge on any atom is 0.111 e. The molecular formula is C13H23N3OS. The van der Waals surface area contributed by atoms with Gasteiger partial charge in [-0.25, -0.2) is 4.98 Å². The Kier molecular flexibility index (Phi) is 5.53. The van der Waals surface area contributed by atoms with Gasteiger partial charge in [-0.2, -0.15) is 11.8 Å². The topological polar surface area (TPSA) is 39.1 Å². The average molecular weight is 269 g/mol. The Labute approximate surface area is 114 Å². The van der Waals surface area contributed by atoms with E-state index in [0.717, 1.165) is 19.7 Å². The molecular weight excluding hydrogens is 246 g/mol. The number of thioether (sulfide) groups is 1. The fourth-order valence-electron chi connectivity index (χ4n) is 2.23. The van der Waals surface area contributed by atoms with Gasteiger partial charge in [0.15, 0.2) is 0 Å². The van der Waals surface area contributed by atoms with Crippen molar-refractivity contribution in [3.63, 3.8) is 0 Å². The van der Waals surface area contributed by atoms with Crippen molar-refractivity contribution in [2.45, 2.75) is 32.4 Å². The van der Waals surface area contributed by atoms with Gasteiger partial charge in [0, 0.05) is 19.1 Å². The minimum Gasteiger partial charge on any atom is -0.369 e. The summed E-state index contributed by atoms with van der Waals surface area (Å²) in [4.78, 5) is 4.30. The number of nitrogens with one attached hydrogen (secondary N) is 1. The number of imidazole rings is 1. The summed E-state index contributed by atoms with van der Waals surface area (Å²) in [5.41, 5.74) is 1.20. The molecule has 2 atom stereocenters. The molecule has 0 radical (unpaired) electrons. The van der Waals surface area contributed by atoms with E-state index >= 15 is 0 Å². The number of hydrogen-bond donors (Lipinski definition) is 1. The predicted octanol–water partition coefficient (Wildman–Crippen LogP) is 2.25. The van der Waals surface area contributed by atoms with Gasteiger partial charge in [0.1, 0.15) is 6.10 Å². The summed E-state index contributed by atoms with van der Waals surface area (Å²) < 4.78 is 8.08. The standard InChI is InChI=1S/C13H23N3OS/c1-3-18-7-4-11(2)16-10-15-8-12(16)13-9-14-5-6-17-13/h8,10-11,13-14H,3-7,9H2,1-2H3. The Morgan fingerprint density at radius 1 is 1.67 bits per heavy atom. The first-order chi connectivity index (χ1) is 8.83. The molecule has 0 amide bonds. The quantitative estimate of drug-likeness (QED) is 0.804. The fourth-order valence-corrected chi connectivity index (χ4v) is 3.02. The smallest absolute Gasteiger partial charge is 0.111 e. The van der Waals surface area contributed by atoms with E-state index < -0.39 is 0 Å². The maximum absolute atomic E-state index is 5.81. The van der Waals surface area contributed by atoms with Crippen LogP contribution in [0.15, 0.2) is 12.5 Å². The van der Waals surface area contributed by atoms with E-state index in [0.29, 0.717) is 6.04 Å². The Morgan fingerprint density at radius 3 is 3.28 bits per heavy atom. The van der Waals surface area contributed by atoms with Gasteiger partial charge in [0.2, 0.25) is 0 Å². The highest BCUT2D eigenvalue weighted by atomic mass is 32.2. The first kappa shape index (κ1) is 13.9. The van der Waals surface area contributed by atoms with E-state index in [-0.39, 0.29) is 6.10 Å². The summed E-state index contributed by atoms with van der Waals surface area (Å²) in [5.74, 6) is 2.40. The van der Waals surface area contributed by atoms with Crippen molar-refractivity contribution in [3.8, 4) is 0 Å². The van der Waals surface area contributed by atoms with Crippen LogP contribution in [0, 0.1) is 0 Å². The zero-order valence-electron chi connectivity index (χ0n) is 11.3. The van der Waals surface area contributed by atoms with E-state index in [1.807, 2.05) is 24.3 Å². The van der Waals surface area contributed by atoms with E-state index in [1.165, 1.54) is 23.6 Å². The molecule has 0 aromatic carbocycles. The number of ether oxygens (including phenoxy) is 1. The monoisotopic (exact) mass is 269 g/mol. The molecule has 1 saturated heterocycles. The Morgan fingerprint density at radius 2 is 2.56 bits per heavy atom. The number of aromatic nitrogens is 2. The van der Waals surface area contributed by atoms with Gasteiger partial charge in [-0.05, 0) is 24.9 Å². The first-order valence-corrected chi connectivity index (χ1v) is 7.90. The Bertz CT molecular complexity index is 350. The number of nitrogens with zero attached hydrogens (tertiary/aromatic N) is 2. The minimum absolute atomic E-state index is 0.155. The molecule has 0 saturated carbocycles. The number of hydrogen-bond acceptors (Lipinski definition) is 4. The van der Waals surface area contributed by atoms with Crippen LogP contribution in [0.3, 0.4) is 0 Å². The van der Waals surface area contributed by atoms with E-state index in [4.69, 9.17) is 4.74 Å². The lowest BCUT2D eigenvalue weighted by molar-refractivity contribution is 0.0220. The van der Waals surface area contributed by atoms with Crippen molar-refractivity contribution >= 4 is 11.8 Å². The highest BCUT2D eigenvalue weighted by Crippen LogP contribution is 2.23. The molecule has 1 aliphatic rings. The number of rotatable bonds is 6. The molecule has 5 heteroatoms. The fraction of sp³-hybridized carbons (Fsp3) is 0.769. The summed E-state index contributed by atoms with van der Waals surface area (Å²) in [5, 5.41) is 3.37. The lowest BCUT2D eigenvalue weighted by atomic mass is 10.2. The maximum atomic E-state index is 5.81. The molecule has 2 unspecified atom stereocenters. The Balaban J connectivity index is 1.97. The van der Waals surface area contributed by atoms with Crippen LogP contribution < -0.4 is 5.32 Å². The van der Waals surface area contributed by atoms with Crippen LogP contribution in [0.25, 0.3) is 0 Å². The molecule has 1 fully saturated rings. The van der Waals surface area contributed by atoms with Crippen LogP contribution in [-0.4, -0.2) is 40.8 Å². The minimum atomic E-state index is 0.155. The SMILES string of the molecule is CCSCCC(C)n1cncc1C1CNCCO1. The molecule has 2 heterocycles. The van der Waals surface area contributed by atoms with Gasteiger partial charge in [0.25, 0.3) is 0 Å². The molecule has 1 aliphatic heterocycles. The summed E-state index contributed by atoms with van der Waals surface area (Å²) in [7, 11) is 0. The lowest BCUT2D eigenvalue weighted by Crippen LogP contribution is -2.34. The third-order valence-corrected chi connectivity index (χ3v) is 4.25. The summed E-state index contributed by atoms with van der Waals surface area (Å²) in [6.45, 7) is 7.10. The lowest BCUT2D eigenvalue weighted by Gasteiger charge is -2.26. The highest BCUT2D eigenvalue weighted by Gasteiger charge is 2.21. The van der Waals surface area contributed by atoms with Gasteiger partial charge in [-0.3, -0.25) is 0 Å². The van der Waals surface area contributed by atoms with Crippen LogP contribution in [0.2, 0.25) is 0 Å². The molecule has 0 aliphatic carbocycles. The number of morpholine rings is 1. The van der Waals surface area contributed by atoms with E-state index in [2.05, 4.69) is 28.7 Å². The molecule has 4 nitrogen and oxygen atoms in total. The molecule has 18 heavy (non-hydrogen) atoms. The Hall–Kier alpha value is -0.520. The van der Waals surface area contributed by atoms with Crippen molar-refractivity contribution in [1.82, 2.24) is 14.9 Å². The van der Waals surface area contributed by atoms with E-state index in [1.54, 1.807) is 0 Å². The molecule has 102 valence electrons. The second-order valence-electron chi connectivity index (χ2n) is 4.62. The zero-order chi connectivity index (χ0) is 12.8. The molecule has 1 aromatic heterocycles. The van der Waals surface area contributed by atoms with E-state index in [9.17, 15) is 0 Å². The van der Waals surface area contributed by atoms with Crippen LogP contribution in [0.1, 0.15) is 38.1 Å². The summed E-state index contributed by atoms with van der Waals surface area (Å²) in [6.07, 6.45) is 5.22. The van der Waals surface area contributed by atoms with Gasteiger partial charge in [0.05, 0.1) is 24.8 Å². The third-order valence-electron chi connectivity index (χ3n) is 3.31. The van der Waals surface area contributed by atoms with Gasteiger partial charge >= 0.3 is 0 Å². The second kappa shape index (κ2) is 7.16. The second-order valence-corrected chi connectivity index (χ2v) is 6.02. The molecule has 1 aromatic rings. The predicted molar refractivity (Wildman–Crippen MR) is 76.1 cm³/mol. The normalized spacial score (nSPS) is 22.0. The molecule has 0 bridgehead atoms. The van der Waals surface area contributed by atoms with Crippen molar-refractivity contribution in [2.24, 2.45) is 0 Å². The van der Waals surface area contributed by atoms with Crippen LogP contribution in [0.5, 0.6) is 0 Å². The first-order valence-electron chi connectivity index (χ1n) is 6.74. The van der Waals surface area contributed by atoms with Crippen molar-refractivity contribution in [3.05, 3.63) is 18.2 Å². The molecule has 0 spiro atoms. The van der Waals surface area contributed by atoms with Crippen molar-refractivity contribution in [2.75, 3.05) is 31.2 Å². The van der Waals surface area contributed by atoms with Gasteiger partial charge < -0.3 is 14.6 Å². The highest BCUT2D eigenvalue weighted by molar-refractivity contribution is 7.99. The average Bonchev–Trinajstić information content (AvgIpc) is 2.89. The van der Waals surface area contributed by atoms with Crippen LogP contribution >= 0.6 is 11.8 Å². The van der Waals surface area contributed by atoms with Crippen molar-refractivity contribution in [1.29, 1.82) is 0 Å². The van der Waals surface area contributed by atoms with Crippen molar-refractivity contribution < 1.29 is 4.74 Å². The third kappa shape index (κ3) is 3.49. The largest absolute Gasteiger partial charge is 0.369 e. The molecule has 2 rings (SSSR count). The summed E-state index contributed by atoms with van der Waals surface area (Å²) in [6, 6.07) is 0.493. The molecule has 1 N–H and O–H groups in total. The van der Waals surface area contributed by atoms with Gasteiger partial charge in [-0.1, -0.05) is 6.92 Å². The summed E-state index contributed by atoms with van der Waals surface area (Å²) >= 11 is 2.00. The van der Waals surface area contributed by atoms with Gasteiger partial charge in [-0.15, -0.1) is 0 Å². The van der Waals surface area contributed by atoms with Crippen LogP contribution in [-0.2, 0) is 4.74 Å². The zero-order valence-corrected chi connectivity index (χ0v) is 12.1. The van der Waals surface area contributed by atoms with Crippen LogP contribution in [0.4, 0.5) is 0 Å².